The number of hydrogen-bond acceptors (Lipinski definition) is 7. The van der Waals surface area contributed by atoms with E-state index in [4.69, 9.17) is 4.63 Å². The lowest BCUT2D eigenvalue weighted by Gasteiger charge is -2.22. The summed E-state index contributed by atoms with van der Waals surface area (Å²) in [6.45, 7) is 7.85. The molecule has 0 aliphatic heterocycles. The van der Waals surface area contributed by atoms with Gasteiger partial charge >= 0.3 is 0 Å². The molecule has 114 valence electrons. The van der Waals surface area contributed by atoms with E-state index < -0.39 is 0 Å². The van der Waals surface area contributed by atoms with Crippen molar-refractivity contribution in [3.8, 4) is 0 Å². The number of rotatable bonds is 5. The van der Waals surface area contributed by atoms with Crippen molar-refractivity contribution >= 4 is 28.6 Å². The van der Waals surface area contributed by atoms with Crippen LogP contribution in [0.1, 0.15) is 19.4 Å². The van der Waals surface area contributed by atoms with Gasteiger partial charge in [0, 0.05) is 18.8 Å². The molecular formula is C15H18N6O. The Balaban J connectivity index is 2.04. The van der Waals surface area contributed by atoms with Crippen molar-refractivity contribution < 1.29 is 4.63 Å². The zero-order valence-electron chi connectivity index (χ0n) is 12.9. The summed E-state index contributed by atoms with van der Waals surface area (Å²) >= 11 is 0. The second-order valence-electron chi connectivity index (χ2n) is 4.97. The molecule has 1 N–H and O–H groups in total. The number of aromatic nitrogens is 4. The van der Waals surface area contributed by atoms with Crippen LogP contribution in [0.15, 0.2) is 28.9 Å². The Kier molecular flexibility index (Phi) is 3.86. The number of nitrogens with zero attached hydrogens (tertiary/aromatic N) is 5. The molecule has 7 nitrogen and oxygen atoms in total. The molecule has 0 saturated heterocycles. The highest BCUT2D eigenvalue weighted by Crippen LogP contribution is 2.26. The fourth-order valence-corrected chi connectivity index (χ4v) is 2.23. The van der Waals surface area contributed by atoms with Crippen LogP contribution in [0.4, 0.5) is 17.3 Å². The predicted octanol–water partition coefficient (Wildman–Crippen LogP) is 2.91. The van der Waals surface area contributed by atoms with E-state index >= 15 is 0 Å². The molecule has 0 aliphatic carbocycles. The van der Waals surface area contributed by atoms with Crippen LogP contribution in [0, 0.1) is 6.92 Å². The standard InChI is InChI=1S/C15H18N6O/c1-4-21(5-2)15-14(16-11-8-6-10(3)7-9-11)17-12-13(18-15)20-22-19-12/h6-9H,4-5H2,1-3H3,(H,16,17,19). The molecule has 2 aromatic heterocycles. The maximum atomic E-state index is 4.72. The Morgan fingerprint density at radius 3 is 2.27 bits per heavy atom. The number of anilines is 3. The largest absolute Gasteiger partial charge is 0.354 e. The number of hydrogen-bond donors (Lipinski definition) is 1. The average molecular weight is 298 g/mol. The van der Waals surface area contributed by atoms with Gasteiger partial charge in [-0.3, -0.25) is 0 Å². The van der Waals surface area contributed by atoms with Gasteiger partial charge in [0.05, 0.1) is 0 Å². The molecule has 7 heteroatoms. The van der Waals surface area contributed by atoms with E-state index in [0.29, 0.717) is 17.1 Å². The summed E-state index contributed by atoms with van der Waals surface area (Å²) < 4.78 is 4.72. The van der Waals surface area contributed by atoms with E-state index in [9.17, 15) is 0 Å². The van der Waals surface area contributed by atoms with E-state index in [-0.39, 0.29) is 0 Å². The minimum absolute atomic E-state index is 0.394. The molecule has 3 rings (SSSR count). The van der Waals surface area contributed by atoms with Crippen LogP contribution in [0.2, 0.25) is 0 Å². The average Bonchev–Trinajstić information content (AvgIpc) is 2.98. The van der Waals surface area contributed by atoms with Crippen LogP contribution < -0.4 is 10.2 Å². The van der Waals surface area contributed by atoms with Crippen LogP contribution in [-0.2, 0) is 0 Å². The molecule has 0 amide bonds. The Bertz CT molecular complexity index is 763. The number of fused-ring (bicyclic) bond motifs is 1. The van der Waals surface area contributed by atoms with Gasteiger partial charge in [0.2, 0.25) is 11.3 Å². The van der Waals surface area contributed by atoms with Gasteiger partial charge in [0.15, 0.2) is 11.6 Å². The number of nitrogens with one attached hydrogen (secondary N) is 1. The van der Waals surface area contributed by atoms with Crippen molar-refractivity contribution in [2.24, 2.45) is 0 Å². The molecule has 0 saturated carbocycles. The fourth-order valence-electron chi connectivity index (χ4n) is 2.23. The van der Waals surface area contributed by atoms with Crippen LogP contribution >= 0.6 is 0 Å². The van der Waals surface area contributed by atoms with Gasteiger partial charge in [-0.05, 0) is 43.2 Å². The highest BCUT2D eigenvalue weighted by atomic mass is 16.6. The van der Waals surface area contributed by atoms with Crippen molar-refractivity contribution in [2.45, 2.75) is 20.8 Å². The normalized spacial score (nSPS) is 10.9. The molecule has 22 heavy (non-hydrogen) atoms. The van der Waals surface area contributed by atoms with Crippen LogP contribution in [-0.4, -0.2) is 33.4 Å². The quantitative estimate of drug-likeness (QED) is 0.775. The zero-order valence-corrected chi connectivity index (χ0v) is 12.9. The number of benzene rings is 1. The summed E-state index contributed by atoms with van der Waals surface area (Å²) in [6, 6.07) is 8.11. The van der Waals surface area contributed by atoms with E-state index in [2.05, 4.69) is 51.3 Å². The van der Waals surface area contributed by atoms with Gasteiger partial charge in [-0.15, -0.1) is 0 Å². The van der Waals surface area contributed by atoms with Gasteiger partial charge in [-0.1, -0.05) is 17.7 Å². The lowest BCUT2D eigenvalue weighted by molar-refractivity contribution is 0.314. The highest BCUT2D eigenvalue weighted by molar-refractivity contribution is 5.76. The van der Waals surface area contributed by atoms with E-state index in [1.807, 2.05) is 24.3 Å². The molecule has 0 unspecified atom stereocenters. The molecule has 0 fully saturated rings. The van der Waals surface area contributed by atoms with Crippen LogP contribution in [0.3, 0.4) is 0 Å². The predicted molar refractivity (Wildman–Crippen MR) is 85.4 cm³/mol. The molecule has 2 heterocycles. The van der Waals surface area contributed by atoms with Crippen molar-refractivity contribution in [1.82, 2.24) is 20.3 Å². The van der Waals surface area contributed by atoms with Crippen LogP contribution in [0.25, 0.3) is 11.3 Å². The molecule has 0 bridgehead atoms. The second-order valence-corrected chi connectivity index (χ2v) is 4.97. The molecule has 3 aromatic rings. The van der Waals surface area contributed by atoms with Gasteiger partial charge in [0.1, 0.15) is 0 Å². The molecule has 0 atom stereocenters. The third-order valence-corrected chi connectivity index (χ3v) is 3.47. The minimum atomic E-state index is 0.394. The van der Waals surface area contributed by atoms with E-state index in [1.54, 1.807) is 0 Å². The van der Waals surface area contributed by atoms with Crippen molar-refractivity contribution in [1.29, 1.82) is 0 Å². The van der Waals surface area contributed by atoms with Gasteiger partial charge in [-0.25, -0.2) is 14.6 Å². The first kappa shape index (κ1) is 14.2. The smallest absolute Gasteiger partial charge is 0.245 e. The Labute approximate surface area is 128 Å². The summed E-state index contributed by atoms with van der Waals surface area (Å²) in [6.07, 6.45) is 0. The summed E-state index contributed by atoms with van der Waals surface area (Å²) in [5, 5.41) is 10.9. The summed E-state index contributed by atoms with van der Waals surface area (Å²) in [7, 11) is 0. The molecule has 0 aliphatic rings. The third kappa shape index (κ3) is 2.69. The van der Waals surface area contributed by atoms with Crippen molar-refractivity contribution in [3.63, 3.8) is 0 Å². The first-order chi connectivity index (χ1) is 10.7. The third-order valence-electron chi connectivity index (χ3n) is 3.47. The molecule has 0 spiro atoms. The lowest BCUT2D eigenvalue weighted by atomic mass is 10.2. The number of aryl methyl sites for hydroxylation is 1. The highest BCUT2D eigenvalue weighted by Gasteiger charge is 2.16. The minimum Gasteiger partial charge on any atom is -0.354 e. The van der Waals surface area contributed by atoms with Gasteiger partial charge < -0.3 is 10.2 Å². The Morgan fingerprint density at radius 1 is 1.00 bits per heavy atom. The summed E-state index contributed by atoms with van der Waals surface area (Å²) in [4.78, 5) is 11.1. The maximum absolute atomic E-state index is 4.72. The topological polar surface area (TPSA) is 80.0 Å². The summed E-state index contributed by atoms with van der Waals surface area (Å²) in [5.74, 6) is 1.39. The van der Waals surface area contributed by atoms with Crippen molar-refractivity contribution in [3.05, 3.63) is 29.8 Å². The lowest BCUT2D eigenvalue weighted by Crippen LogP contribution is -2.24. The van der Waals surface area contributed by atoms with Crippen LogP contribution in [0.5, 0.6) is 0 Å². The summed E-state index contributed by atoms with van der Waals surface area (Å²) in [5.41, 5.74) is 2.96. The monoisotopic (exact) mass is 298 g/mol. The molecular weight excluding hydrogens is 280 g/mol. The SMILES string of the molecule is CCN(CC)c1nc2nonc2nc1Nc1ccc(C)cc1. The zero-order chi connectivity index (χ0) is 15.5. The second kappa shape index (κ2) is 5.97. The van der Waals surface area contributed by atoms with E-state index in [0.717, 1.165) is 24.6 Å². The van der Waals surface area contributed by atoms with Crippen molar-refractivity contribution in [2.75, 3.05) is 23.3 Å². The van der Waals surface area contributed by atoms with Gasteiger partial charge in [0.25, 0.3) is 0 Å². The van der Waals surface area contributed by atoms with Gasteiger partial charge in [-0.2, -0.15) is 0 Å². The Hall–Kier alpha value is -2.70. The first-order valence-corrected chi connectivity index (χ1v) is 7.30. The molecule has 1 aromatic carbocycles. The van der Waals surface area contributed by atoms with E-state index in [1.165, 1.54) is 5.56 Å². The Morgan fingerprint density at radius 2 is 1.64 bits per heavy atom. The molecule has 0 radical (unpaired) electrons. The maximum Gasteiger partial charge on any atom is 0.245 e. The fraction of sp³-hybridized carbons (Fsp3) is 0.333. The first-order valence-electron chi connectivity index (χ1n) is 7.30.